The molecule has 1 rings (SSSR count). The smallest absolute Gasteiger partial charge is 0.190 e. The molecule has 13 heavy (non-hydrogen) atoms. The Labute approximate surface area is 76.0 Å². The number of hydrogen-bond donors (Lipinski definition) is 2. The summed E-state index contributed by atoms with van der Waals surface area (Å²) in [5, 5.41) is 8.91. The van der Waals surface area contributed by atoms with Gasteiger partial charge in [0, 0.05) is 17.5 Å². The zero-order chi connectivity index (χ0) is 10.0. The molecular weight excluding hydrogens is 170 g/mol. The van der Waals surface area contributed by atoms with Crippen molar-refractivity contribution in [3.05, 3.63) is 33.4 Å². The number of nitrogens with two attached hydrogens (primary N) is 1. The van der Waals surface area contributed by atoms with Crippen molar-refractivity contribution in [1.82, 2.24) is 0 Å². The molecule has 0 radical (unpaired) electrons. The highest BCUT2D eigenvalue weighted by Gasteiger charge is 2.09. The molecule has 1 unspecified atom stereocenters. The third kappa shape index (κ3) is 2.17. The summed E-state index contributed by atoms with van der Waals surface area (Å²) in [6.45, 7) is 3.35. The average molecular weight is 183 g/mol. The van der Waals surface area contributed by atoms with Gasteiger partial charge in [0.25, 0.3) is 0 Å². The zero-order valence-corrected chi connectivity index (χ0v) is 7.70. The van der Waals surface area contributed by atoms with E-state index in [1.165, 1.54) is 6.26 Å². The quantitative estimate of drug-likeness (QED) is 0.636. The molecule has 1 heterocycles. The van der Waals surface area contributed by atoms with Crippen LogP contribution in [0.2, 0.25) is 0 Å². The van der Waals surface area contributed by atoms with Gasteiger partial charge >= 0.3 is 0 Å². The van der Waals surface area contributed by atoms with Crippen LogP contribution in [0.4, 0.5) is 0 Å². The SMILES string of the molecule is Cc1coc(CC(N)O)c(C)c1=O. The van der Waals surface area contributed by atoms with Crippen molar-refractivity contribution in [2.75, 3.05) is 0 Å². The first-order chi connectivity index (χ1) is 6.02. The first-order valence-corrected chi connectivity index (χ1v) is 4.04. The van der Waals surface area contributed by atoms with Gasteiger partial charge in [-0.15, -0.1) is 0 Å². The summed E-state index contributed by atoms with van der Waals surface area (Å²) in [7, 11) is 0. The topological polar surface area (TPSA) is 76.5 Å². The Morgan fingerprint density at radius 2 is 2.23 bits per heavy atom. The highest BCUT2D eigenvalue weighted by Crippen LogP contribution is 2.06. The molecule has 72 valence electrons. The van der Waals surface area contributed by atoms with Crippen molar-refractivity contribution < 1.29 is 9.52 Å². The monoisotopic (exact) mass is 183 g/mol. The molecule has 0 saturated heterocycles. The lowest BCUT2D eigenvalue weighted by Gasteiger charge is -2.06. The van der Waals surface area contributed by atoms with Crippen LogP contribution >= 0.6 is 0 Å². The first kappa shape index (κ1) is 9.95. The van der Waals surface area contributed by atoms with Crippen LogP contribution in [0.5, 0.6) is 0 Å². The fourth-order valence-corrected chi connectivity index (χ4v) is 1.11. The third-order valence-corrected chi connectivity index (χ3v) is 1.89. The fraction of sp³-hybridized carbons (Fsp3) is 0.444. The van der Waals surface area contributed by atoms with Gasteiger partial charge in [-0.3, -0.25) is 4.79 Å². The lowest BCUT2D eigenvalue weighted by molar-refractivity contribution is 0.173. The van der Waals surface area contributed by atoms with Gasteiger partial charge in [-0.05, 0) is 13.8 Å². The van der Waals surface area contributed by atoms with Gasteiger partial charge < -0.3 is 15.3 Å². The Morgan fingerprint density at radius 3 is 2.77 bits per heavy atom. The number of rotatable bonds is 2. The Bertz CT molecular complexity index is 354. The van der Waals surface area contributed by atoms with E-state index >= 15 is 0 Å². The summed E-state index contributed by atoms with van der Waals surface area (Å²) < 4.78 is 5.14. The second-order valence-corrected chi connectivity index (χ2v) is 3.07. The minimum absolute atomic E-state index is 0.0538. The highest BCUT2D eigenvalue weighted by atomic mass is 16.3. The lowest BCUT2D eigenvalue weighted by Crippen LogP contribution is -2.23. The predicted molar refractivity (Wildman–Crippen MR) is 48.4 cm³/mol. The van der Waals surface area contributed by atoms with E-state index in [9.17, 15) is 4.79 Å². The van der Waals surface area contributed by atoms with Crippen LogP contribution < -0.4 is 11.2 Å². The Kier molecular flexibility index (Phi) is 2.85. The molecule has 0 aromatic carbocycles. The molecule has 0 spiro atoms. The van der Waals surface area contributed by atoms with E-state index in [1.807, 2.05) is 0 Å². The minimum atomic E-state index is -0.982. The van der Waals surface area contributed by atoms with Gasteiger partial charge in [0.15, 0.2) is 5.43 Å². The van der Waals surface area contributed by atoms with Crippen LogP contribution in [0.1, 0.15) is 16.9 Å². The molecular formula is C9H13NO3. The van der Waals surface area contributed by atoms with Crippen molar-refractivity contribution in [2.45, 2.75) is 26.5 Å². The van der Waals surface area contributed by atoms with E-state index in [-0.39, 0.29) is 11.8 Å². The largest absolute Gasteiger partial charge is 0.468 e. The molecule has 1 aromatic rings. The molecule has 0 aliphatic rings. The first-order valence-electron chi connectivity index (χ1n) is 4.04. The highest BCUT2D eigenvalue weighted by molar-refractivity contribution is 5.20. The van der Waals surface area contributed by atoms with Crippen LogP contribution in [0, 0.1) is 13.8 Å². The molecule has 0 fully saturated rings. The van der Waals surface area contributed by atoms with Crippen molar-refractivity contribution in [2.24, 2.45) is 5.73 Å². The molecule has 0 aliphatic carbocycles. The van der Waals surface area contributed by atoms with E-state index in [0.717, 1.165) is 0 Å². The fourth-order valence-electron chi connectivity index (χ4n) is 1.11. The summed E-state index contributed by atoms with van der Waals surface area (Å²) in [6.07, 6.45) is 0.568. The molecule has 0 aliphatic heterocycles. The van der Waals surface area contributed by atoms with E-state index in [4.69, 9.17) is 15.3 Å². The summed E-state index contributed by atoms with van der Waals surface area (Å²) in [5.41, 5.74) is 6.20. The van der Waals surface area contributed by atoms with Crippen molar-refractivity contribution >= 4 is 0 Å². The minimum Gasteiger partial charge on any atom is -0.468 e. The molecule has 0 bridgehead atoms. The van der Waals surface area contributed by atoms with E-state index in [0.29, 0.717) is 16.9 Å². The van der Waals surface area contributed by atoms with Crippen LogP contribution in [0.15, 0.2) is 15.5 Å². The van der Waals surface area contributed by atoms with Crippen molar-refractivity contribution in [1.29, 1.82) is 0 Å². The summed E-state index contributed by atoms with van der Waals surface area (Å²) in [4.78, 5) is 11.4. The molecule has 4 nitrogen and oxygen atoms in total. The van der Waals surface area contributed by atoms with Gasteiger partial charge in [0.1, 0.15) is 12.0 Å². The van der Waals surface area contributed by atoms with Crippen LogP contribution in [0.25, 0.3) is 0 Å². The second kappa shape index (κ2) is 3.72. The van der Waals surface area contributed by atoms with Crippen LogP contribution in [-0.4, -0.2) is 11.3 Å². The molecule has 1 aromatic heterocycles. The molecule has 4 heteroatoms. The third-order valence-electron chi connectivity index (χ3n) is 1.89. The standard InChI is InChI=1S/C9H13NO3/c1-5-4-13-7(3-8(10)11)6(2)9(5)12/h4,8,11H,3,10H2,1-2H3. The van der Waals surface area contributed by atoms with Crippen molar-refractivity contribution in [3.8, 4) is 0 Å². The van der Waals surface area contributed by atoms with E-state index in [2.05, 4.69) is 0 Å². The molecule has 1 atom stereocenters. The van der Waals surface area contributed by atoms with Gasteiger partial charge in [0.05, 0.1) is 6.26 Å². The maximum Gasteiger partial charge on any atom is 0.190 e. The van der Waals surface area contributed by atoms with Gasteiger partial charge in [-0.1, -0.05) is 0 Å². The second-order valence-electron chi connectivity index (χ2n) is 3.07. The normalized spacial score (nSPS) is 12.9. The van der Waals surface area contributed by atoms with E-state index in [1.54, 1.807) is 13.8 Å². The number of hydrogen-bond acceptors (Lipinski definition) is 4. The van der Waals surface area contributed by atoms with Crippen LogP contribution in [0.3, 0.4) is 0 Å². The van der Waals surface area contributed by atoms with E-state index < -0.39 is 6.23 Å². The zero-order valence-electron chi connectivity index (χ0n) is 7.70. The van der Waals surface area contributed by atoms with Crippen molar-refractivity contribution in [3.63, 3.8) is 0 Å². The Balaban J connectivity index is 3.11. The maximum atomic E-state index is 11.4. The lowest BCUT2D eigenvalue weighted by atomic mass is 10.1. The summed E-state index contributed by atoms with van der Waals surface area (Å²) in [5.74, 6) is 0.450. The van der Waals surface area contributed by atoms with Gasteiger partial charge in [-0.2, -0.15) is 0 Å². The van der Waals surface area contributed by atoms with Crippen LogP contribution in [-0.2, 0) is 6.42 Å². The molecule has 3 N–H and O–H groups in total. The average Bonchev–Trinajstić information content (AvgIpc) is 2.06. The predicted octanol–water partition coefficient (Wildman–Crippen LogP) is 0.0762. The number of aliphatic hydroxyl groups excluding tert-OH is 1. The molecule has 0 saturated carbocycles. The molecule has 0 amide bonds. The summed E-state index contributed by atoms with van der Waals surface area (Å²) in [6, 6.07) is 0. The Morgan fingerprint density at radius 1 is 1.62 bits per heavy atom. The Hall–Kier alpha value is -1.13. The van der Waals surface area contributed by atoms with Gasteiger partial charge in [-0.25, -0.2) is 0 Å². The maximum absolute atomic E-state index is 11.4. The van der Waals surface area contributed by atoms with Gasteiger partial charge in [0.2, 0.25) is 0 Å². The number of aryl methyl sites for hydroxylation is 1. The number of aliphatic hydroxyl groups is 1. The summed E-state index contributed by atoms with van der Waals surface area (Å²) >= 11 is 0.